The lowest BCUT2D eigenvalue weighted by Gasteiger charge is -2.25. The summed E-state index contributed by atoms with van der Waals surface area (Å²) in [7, 11) is 0. The molecule has 4 aromatic rings. The van der Waals surface area contributed by atoms with Crippen molar-refractivity contribution in [3.05, 3.63) is 82.9 Å². The number of esters is 1. The molecular weight excluding hydrogens is 454 g/mol. The van der Waals surface area contributed by atoms with E-state index in [1.165, 1.54) is 51.3 Å². The molecule has 0 unspecified atom stereocenters. The Bertz CT molecular complexity index is 1390. The van der Waals surface area contributed by atoms with Crippen molar-refractivity contribution in [1.82, 2.24) is 4.57 Å². The van der Waals surface area contributed by atoms with Gasteiger partial charge in [-0.1, -0.05) is 78.6 Å². The van der Waals surface area contributed by atoms with Crippen LogP contribution < -0.4 is 0 Å². The molecule has 3 nitrogen and oxygen atoms in total. The van der Waals surface area contributed by atoms with E-state index in [0.29, 0.717) is 12.2 Å². The Morgan fingerprint density at radius 2 is 1.43 bits per heavy atom. The number of carbonyl (C=O) groups excluding carboxylic acids is 1. The summed E-state index contributed by atoms with van der Waals surface area (Å²) in [5, 5.41) is 2.66. The van der Waals surface area contributed by atoms with Crippen LogP contribution in [0.1, 0.15) is 94.8 Å². The first-order valence-corrected chi connectivity index (χ1v) is 13.9. The minimum Gasteiger partial charge on any atom is -0.462 e. The zero-order valence-corrected chi connectivity index (χ0v) is 23.8. The van der Waals surface area contributed by atoms with Crippen molar-refractivity contribution < 1.29 is 9.53 Å². The Kier molecular flexibility index (Phi) is 7.83. The van der Waals surface area contributed by atoms with Gasteiger partial charge in [0.2, 0.25) is 0 Å². The molecule has 0 saturated carbocycles. The van der Waals surface area contributed by atoms with Crippen LogP contribution in [0.2, 0.25) is 0 Å². The molecule has 0 spiro atoms. The number of aromatic nitrogens is 1. The van der Waals surface area contributed by atoms with Gasteiger partial charge in [0.25, 0.3) is 0 Å². The van der Waals surface area contributed by atoms with E-state index in [4.69, 9.17) is 4.74 Å². The van der Waals surface area contributed by atoms with Crippen LogP contribution >= 0.6 is 0 Å². The Morgan fingerprint density at radius 3 is 2.05 bits per heavy atom. The molecular formula is C34H43NO2. The van der Waals surface area contributed by atoms with E-state index >= 15 is 0 Å². The first-order valence-electron chi connectivity index (χ1n) is 13.9. The van der Waals surface area contributed by atoms with Gasteiger partial charge in [-0.15, -0.1) is 0 Å². The Hall–Kier alpha value is -3.07. The summed E-state index contributed by atoms with van der Waals surface area (Å²) in [5.41, 5.74) is 7.50. The van der Waals surface area contributed by atoms with Crippen LogP contribution in [0.15, 0.2) is 60.7 Å². The van der Waals surface area contributed by atoms with Gasteiger partial charge in [0, 0.05) is 28.4 Å². The molecule has 3 heteroatoms. The predicted octanol–water partition coefficient (Wildman–Crippen LogP) is 9.08. The van der Waals surface area contributed by atoms with Crippen molar-refractivity contribution in [3.8, 4) is 0 Å². The third kappa shape index (κ3) is 5.76. The van der Waals surface area contributed by atoms with Gasteiger partial charge in [-0.2, -0.15) is 0 Å². The predicted molar refractivity (Wildman–Crippen MR) is 157 cm³/mol. The summed E-state index contributed by atoms with van der Waals surface area (Å²) < 4.78 is 7.58. The Labute approximate surface area is 222 Å². The van der Waals surface area contributed by atoms with Crippen LogP contribution in [0.25, 0.3) is 21.8 Å². The molecule has 0 radical (unpaired) electrons. The van der Waals surface area contributed by atoms with E-state index in [9.17, 15) is 4.79 Å². The first-order chi connectivity index (χ1) is 17.6. The highest BCUT2D eigenvalue weighted by Gasteiger charge is 2.22. The molecule has 1 heterocycles. The maximum Gasteiger partial charge on any atom is 0.338 e. The van der Waals surface area contributed by atoms with Crippen molar-refractivity contribution in [1.29, 1.82) is 0 Å². The summed E-state index contributed by atoms with van der Waals surface area (Å²) >= 11 is 0. The number of nitrogens with zero attached hydrogens (tertiary/aromatic N) is 1. The number of hydrogen-bond donors (Lipinski definition) is 0. The lowest BCUT2D eigenvalue weighted by atomic mass is 9.80. The van der Waals surface area contributed by atoms with E-state index in [1.807, 2.05) is 31.2 Å². The van der Waals surface area contributed by atoms with E-state index in [0.717, 1.165) is 19.4 Å². The highest BCUT2D eigenvalue weighted by atomic mass is 16.5. The van der Waals surface area contributed by atoms with Crippen molar-refractivity contribution in [2.24, 2.45) is 5.41 Å². The highest BCUT2D eigenvalue weighted by molar-refractivity contribution is 6.08. The lowest BCUT2D eigenvalue weighted by molar-refractivity contribution is 0.0526. The van der Waals surface area contributed by atoms with Crippen molar-refractivity contribution in [2.45, 2.75) is 86.1 Å². The molecule has 0 amide bonds. The molecule has 0 aliphatic heterocycles. The van der Waals surface area contributed by atoms with Crippen LogP contribution in [0.3, 0.4) is 0 Å². The highest BCUT2D eigenvalue weighted by Crippen LogP contribution is 2.37. The van der Waals surface area contributed by atoms with Gasteiger partial charge in [0.1, 0.15) is 0 Å². The molecule has 0 bridgehead atoms. The molecule has 0 aliphatic carbocycles. The fraction of sp³-hybridized carbons (Fsp3) is 0.441. The van der Waals surface area contributed by atoms with Crippen LogP contribution in [-0.4, -0.2) is 17.1 Å². The van der Waals surface area contributed by atoms with Crippen molar-refractivity contribution >= 4 is 27.8 Å². The van der Waals surface area contributed by atoms with Gasteiger partial charge in [-0.05, 0) is 83.7 Å². The number of rotatable bonds is 10. The molecule has 0 aliphatic rings. The fourth-order valence-corrected chi connectivity index (χ4v) is 5.44. The third-order valence-corrected chi connectivity index (χ3v) is 8.03. The topological polar surface area (TPSA) is 31.2 Å². The number of hydrogen-bond acceptors (Lipinski definition) is 2. The minimum absolute atomic E-state index is 0.141. The molecule has 4 rings (SSSR count). The number of benzene rings is 3. The standard InChI is InChI=1S/C34H43NO2/c1-8-19-34(6,7)27-16-18-31-29(21-27)28-20-25(22-33(4,5)9-2)13-17-30(28)35(31)23-24-11-14-26(15-12-24)32(36)37-10-3/h11-18,20-21H,8-10,19,22-23H2,1-7H3. The van der Waals surface area contributed by atoms with Crippen LogP contribution in [0, 0.1) is 5.41 Å². The molecule has 37 heavy (non-hydrogen) atoms. The zero-order chi connectivity index (χ0) is 26.8. The van der Waals surface area contributed by atoms with Gasteiger partial charge in [0.15, 0.2) is 0 Å². The van der Waals surface area contributed by atoms with Crippen molar-refractivity contribution in [2.75, 3.05) is 6.61 Å². The number of carbonyl (C=O) groups is 1. The normalized spacial score (nSPS) is 12.4. The molecule has 1 aromatic heterocycles. The Balaban J connectivity index is 1.82. The second-order valence-electron chi connectivity index (χ2n) is 11.9. The second-order valence-corrected chi connectivity index (χ2v) is 11.9. The maximum absolute atomic E-state index is 12.1. The third-order valence-electron chi connectivity index (χ3n) is 8.03. The first kappa shape index (κ1) is 27.0. The number of fused-ring (bicyclic) bond motifs is 3. The molecule has 0 saturated heterocycles. The van der Waals surface area contributed by atoms with E-state index in [-0.39, 0.29) is 16.8 Å². The summed E-state index contributed by atoms with van der Waals surface area (Å²) in [4.78, 5) is 12.1. The van der Waals surface area contributed by atoms with E-state index < -0.39 is 0 Å². The summed E-state index contributed by atoms with van der Waals surface area (Å²) in [6, 6.07) is 21.9. The molecule has 196 valence electrons. The quantitative estimate of drug-likeness (QED) is 0.205. The summed E-state index contributed by atoms with van der Waals surface area (Å²) in [6.07, 6.45) is 4.57. The largest absolute Gasteiger partial charge is 0.462 e. The van der Waals surface area contributed by atoms with Gasteiger partial charge in [-0.3, -0.25) is 0 Å². The average Bonchev–Trinajstić information content (AvgIpc) is 3.16. The van der Waals surface area contributed by atoms with Crippen LogP contribution in [0.4, 0.5) is 0 Å². The van der Waals surface area contributed by atoms with Crippen LogP contribution in [0.5, 0.6) is 0 Å². The molecule has 0 fully saturated rings. The average molecular weight is 498 g/mol. The fourth-order valence-electron chi connectivity index (χ4n) is 5.44. The molecule has 3 aromatic carbocycles. The van der Waals surface area contributed by atoms with Gasteiger partial charge >= 0.3 is 5.97 Å². The SMILES string of the molecule is CCCC(C)(C)c1ccc2c(c1)c1cc(CC(C)(C)CC)ccc1n2Cc1ccc(C(=O)OCC)cc1. The minimum atomic E-state index is -0.268. The summed E-state index contributed by atoms with van der Waals surface area (Å²) in [6.45, 7) is 16.9. The second kappa shape index (κ2) is 10.7. The van der Waals surface area contributed by atoms with E-state index in [2.05, 4.69) is 82.5 Å². The van der Waals surface area contributed by atoms with Gasteiger partial charge < -0.3 is 9.30 Å². The summed E-state index contributed by atoms with van der Waals surface area (Å²) in [5.74, 6) is -0.268. The number of ether oxygens (including phenoxy) is 1. The van der Waals surface area contributed by atoms with Crippen LogP contribution in [-0.2, 0) is 23.1 Å². The van der Waals surface area contributed by atoms with Gasteiger partial charge in [-0.25, -0.2) is 4.79 Å². The monoisotopic (exact) mass is 497 g/mol. The maximum atomic E-state index is 12.1. The lowest BCUT2D eigenvalue weighted by Crippen LogP contribution is -2.16. The zero-order valence-electron chi connectivity index (χ0n) is 23.8. The molecule has 0 N–H and O–H groups in total. The van der Waals surface area contributed by atoms with Crippen molar-refractivity contribution in [3.63, 3.8) is 0 Å². The van der Waals surface area contributed by atoms with E-state index in [1.54, 1.807) is 0 Å². The smallest absolute Gasteiger partial charge is 0.338 e. The Morgan fingerprint density at radius 1 is 0.811 bits per heavy atom. The molecule has 0 atom stereocenters. The van der Waals surface area contributed by atoms with Gasteiger partial charge in [0.05, 0.1) is 12.2 Å².